The van der Waals surface area contributed by atoms with Gasteiger partial charge in [-0.05, 0) is 124 Å². The van der Waals surface area contributed by atoms with E-state index in [2.05, 4.69) is 40.7 Å². The van der Waals surface area contributed by atoms with Crippen molar-refractivity contribution in [2.24, 2.45) is 40.4 Å². The van der Waals surface area contributed by atoms with Gasteiger partial charge in [-0.25, -0.2) is 0 Å². The van der Waals surface area contributed by atoms with Gasteiger partial charge in [-0.15, -0.1) is 0 Å². The molecule has 4 aliphatic carbocycles. The highest BCUT2D eigenvalue weighted by Crippen LogP contribution is 2.67. The van der Waals surface area contributed by atoms with Crippen LogP contribution >= 0.6 is 0 Å². The Hall–Kier alpha value is -0.560. The van der Waals surface area contributed by atoms with E-state index in [0.29, 0.717) is 10.8 Å². The van der Waals surface area contributed by atoms with Crippen molar-refractivity contribution in [1.82, 2.24) is 0 Å². The molecule has 3 fully saturated rings. The molecule has 0 aromatic heterocycles. The number of allylic oxidation sites excluding steroid dienone is 3. The summed E-state index contributed by atoms with van der Waals surface area (Å²) in [5.41, 5.74) is 5.67. The van der Waals surface area contributed by atoms with Gasteiger partial charge in [0.15, 0.2) is 0 Å². The van der Waals surface area contributed by atoms with Crippen LogP contribution in [0.4, 0.5) is 0 Å². The van der Waals surface area contributed by atoms with Crippen molar-refractivity contribution in [3.8, 4) is 0 Å². The highest BCUT2D eigenvalue weighted by Gasteiger charge is 2.58. The number of aliphatic hydroxyl groups is 1. The minimum atomic E-state index is 0.234. The fraction of sp³-hybridized carbons (Fsp3) is 0.862. The Morgan fingerprint density at radius 3 is 2.67 bits per heavy atom. The fourth-order valence-electron chi connectivity index (χ4n) is 9.08. The number of hydrogen-bond acceptors (Lipinski definition) is 1. The molecule has 0 amide bonds. The summed E-state index contributed by atoms with van der Waals surface area (Å²) in [4.78, 5) is 0. The zero-order valence-electron chi connectivity index (χ0n) is 20.6. The minimum absolute atomic E-state index is 0.234. The molecule has 1 nitrogen and oxygen atoms in total. The van der Waals surface area contributed by atoms with Crippen LogP contribution in [0.3, 0.4) is 0 Å². The molecule has 1 heteroatoms. The molecule has 0 bridgehead atoms. The van der Waals surface area contributed by atoms with E-state index in [4.69, 9.17) is 0 Å². The van der Waals surface area contributed by atoms with Gasteiger partial charge < -0.3 is 5.11 Å². The molecular weight excluding hydrogens is 364 g/mol. The average molecular weight is 413 g/mol. The van der Waals surface area contributed by atoms with Gasteiger partial charge in [0, 0.05) is 0 Å². The van der Waals surface area contributed by atoms with Gasteiger partial charge in [0.05, 0.1) is 6.61 Å². The van der Waals surface area contributed by atoms with Crippen molar-refractivity contribution in [3.05, 3.63) is 22.8 Å². The van der Waals surface area contributed by atoms with Crippen LogP contribution in [-0.2, 0) is 0 Å². The lowest BCUT2D eigenvalue weighted by Gasteiger charge is -2.58. The van der Waals surface area contributed by atoms with Crippen molar-refractivity contribution < 1.29 is 5.11 Å². The summed E-state index contributed by atoms with van der Waals surface area (Å²) < 4.78 is 0. The summed E-state index contributed by atoms with van der Waals surface area (Å²) >= 11 is 0. The Bertz CT molecular complexity index is 686. The van der Waals surface area contributed by atoms with Crippen LogP contribution in [0, 0.1) is 40.4 Å². The smallest absolute Gasteiger partial charge is 0.0641 e. The fourth-order valence-corrected chi connectivity index (χ4v) is 9.08. The number of aliphatic hydroxyl groups excluding tert-OH is 1. The molecule has 1 unspecified atom stereocenters. The first-order valence-electron chi connectivity index (χ1n) is 13.3. The van der Waals surface area contributed by atoms with Gasteiger partial charge in [-0.2, -0.15) is 0 Å². The van der Waals surface area contributed by atoms with E-state index in [9.17, 15) is 5.11 Å². The summed E-state index contributed by atoms with van der Waals surface area (Å²) in [5.74, 6) is 4.59. The first kappa shape index (κ1) is 22.6. The highest BCUT2D eigenvalue weighted by molar-refractivity contribution is 5.24. The lowest BCUT2D eigenvalue weighted by atomic mass is 9.47. The van der Waals surface area contributed by atoms with E-state index in [1.807, 2.05) is 5.57 Å². The first-order valence-corrected chi connectivity index (χ1v) is 13.3. The van der Waals surface area contributed by atoms with Crippen molar-refractivity contribution in [1.29, 1.82) is 0 Å². The van der Waals surface area contributed by atoms with Gasteiger partial charge in [0.1, 0.15) is 0 Å². The summed E-state index contributed by atoms with van der Waals surface area (Å²) in [6, 6.07) is 0. The molecule has 4 aliphatic rings. The van der Waals surface area contributed by atoms with Gasteiger partial charge in [-0.3, -0.25) is 0 Å². The zero-order chi connectivity index (χ0) is 21.5. The van der Waals surface area contributed by atoms with Crippen LogP contribution in [0.5, 0.6) is 0 Å². The molecule has 1 N–H and O–H groups in total. The topological polar surface area (TPSA) is 20.2 Å². The Balaban J connectivity index is 1.48. The van der Waals surface area contributed by atoms with E-state index >= 15 is 0 Å². The van der Waals surface area contributed by atoms with Crippen LogP contribution in [0.2, 0.25) is 0 Å². The van der Waals surface area contributed by atoms with Crippen molar-refractivity contribution in [2.75, 3.05) is 6.61 Å². The third-order valence-corrected chi connectivity index (χ3v) is 10.9. The van der Waals surface area contributed by atoms with Crippen molar-refractivity contribution in [3.63, 3.8) is 0 Å². The summed E-state index contributed by atoms with van der Waals surface area (Å²) in [6.07, 6.45) is 19.3. The molecule has 0 saturated heterocycles. The second-order valence-corrected chi connectivity index (χ2v) is 12.1. The second-order valence-electron chi connectivity index (χ2n) is 12.1. The van der Waals surface area contributed by atoms with Crippen LogP contribution in [-0.4, -0.2) is 11.7 Å². The normalized spacial score (nSPS) is 42.5. The maximum Gasteiger partial charge on any atom is 0.0641 e. The summed E-state index contributed by atoms with van der Waals surface area (Å²) in [7, 11) is 0. The first-order chi connectivity index (χ1) is 14.3. The zero-order valence-corrected chi connectivity index (χ0v) is 20.6. The molecule has 170 valence electrons. The standard InChI is InChI=1S/C29H48O/c1-6-22(21(3)19-30)11-10-20(2)25-14-15-26-24-13-12-23-9-7-8-17-28(23,4)27(24)16-18-29(25,26)5/h12,20,24-27,30H,6-11,13-19H2,1-5H3/t20?,24-,25+,26-,27-,28-,29+/m0/s1. The highest BCUT2D eigenvalue weighted by atomic mass is 16.3. The largest absolute Gasteiger partial charge is 0.392 e. The molecule has 0 aromatic rings. The van der Waals surface area contributed by atoms with E-state index in [0.717, 1.165) is 36.0 Å². The molecule has 0 spiro atoms. The second kappa shape index (κ2) is 8.76. The summed E-state index contributed by atoms with van der Waals surface area (Å²) in [5, 5.41) is 9.56. The Morgan fingerprint density at radius 1 is 1.13 bits per heavy atom. The Labute approximate surface area is 186 Å². The molecule has 30 heavy (non-hydrogen) atoms. The third kappa shape index (κ3) is 3.66. The maximum atomic E-state index is 9.56. The Kier molecular flexibility index (Phi) is 6.61. The lowest BCUT2D eigenvalue weighted by Crippen LogP contribution is -2.50. The van der Waals surface area contributed by atoms with Gasteiger partial charge in [-0.1, -0.05) is 51.3 Å². The number of hydrogen-bond donors (Lipinski definition) is 1. The SMILES string of the molecule is CCC(CCC(C)[C@H]1CC[C@H]2[C@@H]3CC=C4CCCC[C@]4(C)[C@H]3CC[C@]12C)=C(C)CO. The van der Waals surface area contributed by atoms with Crippen LogP contribution in [0.15, 0.2) is 22.8 Å². The monoisotopic (exact) mass is 412 g/mol. The third-order valence-electron chi connectivity index (χ3n) is 10.9. The van der Waals surface area contributed by atoms with Gasteiger partial charge in [0.25, 0.3) is 0 Å². The van der Waals surface area contributed by atoms with E-state index < -0.39 is 0 Å². The van der Waals surface area contributed by atoms with E-state index in [1.165, 1.54) is 81.8 Å². The quantitative estimate of drug-likeness (QED) is 0.437. The maximum absolute atomic E-state index is 9.56. The molecule has 7 atom stereocenters. The van der Waals surface area contributed by atoms with Crippen molar-refractivity contribution >= 4 is 0 Å². The molecular formula is C29H48O. The predicted molar refractivity (Wildman–Crippen MR) is 128 cm³/mol. The van der Waals surface area contributed by atoms with Gasteiger partial charge >= 0.3 is 0 Å². The summed E-state index contributed by atoms with van der Waals surface area (Å²) in [6.45, 7) is 12.5. The van der Waals surface area contributed by atoms with Crippen LogP contribution in [0.25, 0.3) is 0 Å². The Morgan fingerprint density at radius 2 is 1.93 bits per heavy atom. The minimum Gasteiger partial charge on any atom is -0.392 e. The van der Waals surface area contributed by atoms with Gasteiger partial charge in [0.2, 0.25) is 0 Å². The average Bonchev–Trinajstić information content (AvgIpc) is 3.10. The van der Waals surface area contributed by atoms with Crippen LogP contribution < -0.4 is 0 Å². The molecule has 0 heterocycles. The molecule has 0 aliphatic heterocycles. The predicted octanol–water partition coefficient (Wildman–Crippen LogP) is 8.09. The van der Waals surface area contributed by atoms with E-state index in [-0.39, 0.29) is 6.61 Å². The molecule has 3 saturated carbocycles. The lowest BCUT2D eigenvalue weighted by molar-refractivity contribution is -0.0498. The number of fused-ring (bicyclic) bond motifs is 5. The molecule has 0 radical (unpaired) electrons. The van der Waals surface area contributed by atoms with Crippen LogP contribution in [0.1, 0.15) is 112 Å². The number of rotatable bonds is 6. The van der Waals surface area contributed by atoms with Crippen molar-refractivity contribution in [2.45, 2.75) is 112 Å². The molecule has 0 aromatic carbocycles. The molecule has 4 rings (SSSR count). The van der Waals surface area contributed by atoms with E-state index in [1.54, 1.807) is 0 Å².